The van der Waals surface area contributed by atoms with Gasteiger partial charge >= 0.3 is 241 Å². The van der Waals surface area contributed by atoms with Crippen LogP contribution < -0.4 is 24.8 Å². The Balaban J connectivity index is 0.00000267. The maximum atomic E-state index is 2.67. The largest absolute Gasteiger partial charge is 1.00 e. The van der Waals surface area contributed by atoms with Crippen molar-refractivity contribution in [1.82, 2.24) is 0 Å². The molecule has 0 saturated carbocycles. The fraction of sp³-hybridized carbons (Fsp3) is 0.529. The molecule has 0 N–H and O–H groups in total. The quantitative estimate of drug-likeness (QED) is 0.224. The van der Waals surface area contributed by atoms with Crippen LogP contribution in [-0.2, 0) is 19.2 Å². The zero-order valence-corrected chi connectivity index (χ0v) is 30.1. The van der Waals surface area contributed by atoms with E-state index in [-0.39, 0.29) is 59.8 Å². The van der Waals surface area contributed by atoms with Gasteiger partial charge in [0, 0.05) is 0 Å². The Hall–Kier alpha value is 0.0743. The second-order valence-electron chi connectivity index (χ2n) is 12.0. The summed E-state index contributed by atoms with van der Waals surface area (Å²) >= 11 is -0.312. The smallest absolute Gasteiger partial charge is 1.00 e. The van der Waals surface area contributed by atoms with Crippen molar-refractivity contribution >= 4 is 28.0 Å². The Labute approximate surface area is 263 Å². The van der Waals surface area contributed by atoms with E-state index in [9.17, 15) is 0 Å². The minimum absolute atomic E-state index is 0. The molecule has 0 amide bonds. The van der Waals surface area contributed by atoms with E-state index in [0.29, 0.717) is 8.45 Å². The normalized spacial score (nSPS) is 19.9. The molecule has 2 aromatic carbocycles. The van der Waals surface area contributed by atoms with Crippen LogP contribution in [0, 0.1) is 11.8 Å². The molecule has 2 aromatic rings. The van der Waals surface area contributed by atoms with Crippen LogP contribution in [0.3, 0.4) is 0 Å². The summed E-state index contributed by atoms with van der Waals surface area (Å²) in [6.45, 7) is 19.6. The van der Waals surface area contributed by atoms with Crippen molar-refractivity contribution in [3.63, 3.8) is 0 Å². The molecule has 212 valence electrons. The maximum absolute atomic E-state index is 2.67. The molecular weight excluding hydrogens is 589 g/mol. The topological polar surface area (TPSA) is 0 Å². The van der Waals surface area contributed by atoms with Crippen LogP contribution >= 0.6 is 15.8 Å². The predicted octanol–water partition coefficient (Wildman–Crippen LogP) is 5.14. The van der Waals surface area contributed by atoms with E-state index >= 15 is 0 Å². The molecule has 0 radical (unpaired) electrons. The van der Waals surface area contributed by atoms with Gasteiger partial charge in [-0.25, -0.2) is 0 Å². The molecule has 5 heteroatoms. The predicted molar refractivity (Wildman–Crippen MR) is 167 cm³/mol. The molecule has 0 fully saturated rings. The molecule has 39 heavy (non-hydrogen) atoms. The van der Waals surface area contributed by atoms with Crippen LogP contribution in [0.15, 0.2) is 59.2 Å². The van der Waals surface area contributed by atoms with E-state index in [1.165, 1.54) is 36.3 Å². The van der Waals surface area contributed by atoms with E-state index in [0.717, 1.165) is 23.2 Å². The summed E-state index contributed by atoms with van der Waals surface area (Å²) in [7, 11) is -0.233. The molecule has 0 aromatic heterocycles. The van der Waals surface area contributed by atoms with E-state index in [2.05, 4.69) is 116 Å². The zero-order chi connectivity index (χ0) is 26.7. The molecule has 2 aliphatic carbocycles. The molecule has 4 unspecified atom stereocenters. The van der Waals surface area contributed by atoms with Crippen molar-refractivity contribution in [3.8, 4) is 0 Å². The summed E-state index contributed by atoms with van der Waals surface area (Å²) < 4.78 is 1.37. The summed E-state index contributed by atoms with van der Waals surface area (Å²) in [5.41, 5.74) is 7.94. The first-order chi connectivity index (χ1) is 17.7. The van der Waals surface area contributed by atoms with E-state index < -0.39 is 0 Å². The Kier molecular flexibility index (Phi) is 14.5. The van der Waals surface area contributed by atoms with Crippen molar-refractivity contribution in [3.05, 3.63) is 81.4 Å². The van der Waals surface area contributed by atoms with E-state index in [4.69, 9.17) is 0 Å². The number of halogens is 2. The molecule has 4 atom stereocenters. The van der Waals surface area contributed by atoms with Gasteiger partial charge in [-0.2, -0.15) is 0 Å². The van der Waals surface area contributed by atoms with Crippen molar-refractivity contribution in [2.75, 3.05) is 12.3 Å². The Bertz CT molecular complexity index is 1110. The third kappa shape index (κ3) is 8.13. The fourth-order valence-corrected chi connectivity index (χ4v) is 17.6. The number of hydrogen-bond donors (Lipinski definition) is 0. The van der Waals surface area contributed by atoms with Crippen molar-refractivity contribution in [2.24, 2.45) is 11.8 Å². The van der Waals surface area contributed by atoms with Crippen LogP contribution in [-0.4, -0.2) is 23.6 Å². The molecule has 0 heterocycles. The van der Waals surface area contributed by atoms with Crippen LogP contribution in [0.4, 0.5) is 0 Å². The summed E-state index contributed by atoms with van der Waals surface area (Å²) in [6, 6.07) is 18.8. The Morgan fingerprint density at radius 2 is 1.05 bits per heavy atom. The number of allylic oxidation sites excluding steroid dienone is 2. The molecule has 4 rings (SSSR count). The van der Waals surface area contributed by atoms with Gasteiger partial charge in [-0.15, -0.1) is 0 Å². The van der Waals surface area contributed by atoms with Crippen LogP contribution in [0.2, 0.25) is 0 Å². The number of rotatable bonds is 12. The number of hydrogen-bond acceptors (Lipinski definition) is 0. The molecule has 2 aliphatic rings. The van der Waals surface area contributed by atoms with Gasteiger partial charge in [0.2, 0.25) is 0 Å². The molecule has 0 bridgehead atoms. The SMILES string of the molecule is CCC(C)P(C1=Cc2ccccc2[CH]1[Ti+2][CH]1C(P(CC(C)C)CC(C)C)=Cc2ccccc21)C(C)CC.[Cl-].[Cl-]. The fourth-order valence-electron chi connectivity index (χ4n) is 6.13. The maximum Gasteiger partial charge on any atom is -1.00 e. The monoisotopic (exact) mass is 636 g/mol. The van der Waals surface area contributed by atoms with Gasteiger partial charge in [-0.1, -0.05) is 0 Å². The third-order valence-electron chi connectivity index (χ3n) is 8.11. The third-order valence-corrected chi connectivity index (χ3v) is 18.9. The van der Waals surface area contributed by atoms with Gasteiger partial charge < -0.3 is 24.8 Å². The average Bonchev–Trinajstić information content (AvgIpc) is 3.42. The van der Waals surface area contributed by atoms with Crippen molar-refractivity contribution < 1.29 is 44.0 Å². The second-order valence-corrected chi connectivity index (χ2v) is 19.8. The van der Waals surface area contributed by atoms with Gasteiger partial charge in [0.15, 0.2) is 0 Å². The second kappa shape index (κ2) is 16.1. The molecular formula is C34H48Cl2P2Ti. The van der Waals surface area contributed by atoms with Crippen LogP contribution in [0.25, 0.3) is 12.2 Å². The Morgan fingerprint density at radius 3 is 1.49 bits per heavy atom. The average molecular weight is 637 g/mol. The summed E-state index contributed by atoms with van der Waals surface area (Å²) in [5.74, 6) is 1.53. The first-order valence-electron chi connectivity index (χ1n) is 14.6. The zero-order valence-electron chi connectivity index (χ0n) is 25.2. The van der Waals surface area contributed by atoms with E-state index in [1.54, 1.807) is 11.1 Å². The van der Waals surface area contributed by atoms with Crippen molar-refractivity contribution in [1.29, 1.82) is 0 Å². The van der Waals surface area contributed by atoms with Crippen LogP contribution in [0.5, 0.6) is 0 Å². The first-order valence-corrected chi connectivity index (χ1v) is 19.6. The van der Waals surface area contributed by atoms with E-state index in [1.807, 2.05) is 10.6 Å². The number of benzene rings is 2. The van der Waals surface area contributed by atoms with Crippen LogP contribution in [0.1, 0.15) is 98.9 Å². The summed E-state index contributed by atoms with van der Waals surface area (Å²) in [5, 5.41) is 3.69. The van der Waals surface area contributed by atoms with Gasteiger partial charge in [-0.3, -0.25) is 0 Å². The number of fused-ring (bicyclic) bond motifs is 2. The molecule has 0 nitrogen and oxygen atoms in total. The molecule has 0 spiro atoms. The van der Waals surface area contributed by atoms with Gasteiger partial charge in [0.05, 0.1) is 0 Å². The first kappa shape index (κ1) is 35.3. The summed E-state index contributed by atoms with van der Waals surface area (Å²) in [6.07, 6.45) is 10.7. The molecule has 0 saturated heterocycles. The summed E-state index contributed by atoms with van der Waals surface area (Å²) in [4.78, 5) is 0. The standard InChI is InChI=1S/2C17H24P.2ClH.Ti/c1-13(2)11-18(12-14(3)4)17-9-15-7-5-6-8-16(15)10-17;1-5-13(3)18(14(4)6-2)17-11-15-9-7-8-10-16(15)12-17;;;/h5-10,13-14H,11-12H2,1-4H3;7-14H,5-6H2,1-4H3;2*1H;/q;;;;+2/p-2. The van der Waals surface area contributed by atoms with Gasteiger partial charge in [0.1, 0.15) is 0 Å². The van der Waals surface area contributed by atoms with Crippen molar-refractivity contribution in [2.45, 2.75) is 88.0 Å². The molecule has 0 aliphatic heterocycles. The minimum atomic E-state index is -0.312. The van der Waals surface area contributed by atoms with Gasteiger partial charge in [-0.05, 0) is 0 Å². The van der Waals surface area contributed by atoms with Gasteiger partial charge in [0.25, 0.3) is 0 Å². The minimum Gasteiger partial charge on any atom is -1.00 e. The Morgan fingerprint density at radius 1 is 0.641 bits per heavy atom.